The molecule has 0 radical (unpaired) electrons. The van der Waals surface area contributed by atoms with Crippen LogP contribution in [0.3, 0.4) is 0 Å². The molecule has 0 amide bonds. The van der Waals surface area contributed by atoms with E-state index in [1.807, 2.05) is 32.3 Å². The second kappa shape index (κ2) is 7.21. The normalized spacial score (nSPS) is 11.5. The van der Waals surface area contributed by atoms with Crippen molar-refractivity contribution in [1.82, 2.24) is 9.88 Å². The van der Waals surface area contributed by atoms with Gasteiger partial charge in [-0.15, -0.1) is 0 Å². The number of rotatable bonds is 5. The van der Waals surface area contributed by atoms with Crippen molar-refractivity contribution < 1.29 is 8.42 Å². The quantitative estimate of drug-likeness (QED) is 0.688. The second-order valence-electron chi connectivity index (χ2n) is 6.35. The first-order chi connectivity index (χ1) is 11.9. The first kappa shape index (κ1) is 17.4. The zero-order chi connectivity index (χ0) is 18.0. The molecule has 3 rings (SSSR count). The summed E-state index contributed by atoms with van der Waals surface area (Å²) in [5, 5.41) is 0.782. The third kappa shape index (κ3) is 3.97. The van der Waals surface area contributed by atoms with Gasteiger partial charge in [-0.2, -0.15) is 0 Å². The van der Waals surface area contributed by atoms with Crippen LogP contribution in [0.25, 0.3) is 22.0 Å². The van der Waals surface area contributed by atoms with Gasteiger partial charge < -0.3 is 10.6 Å². The lowest BCUT2D eigenvalue weighted by Gasteiger charge is -2.11. The van der Waals surface area contributed by atoms with E-state index in [2.05, 4.69) is 34.1 Å². The van der Waals surface area contributed by atoms with Crippen molar-refractivity contribution in [3.05, 3.63) is 59.8 Å². The number of hydrogen-bond acceptors (Lipinski definition) is 5. The minimum Gasteiger partial charge on any atom is -0.398 e. The monoisotopic (exact) mass is 355 g/mol. The predicted octanol–water partition coefficient (Wildman–Crippen LogP) is 2.66. The third-order valence-electron chi connectivity index (χ3n) is 4.08. The molecule has 0 aliphatic heterocycles. The fraction of sp³-hybridized carbons (Fsp3) is 0.211. The van der Waals surface area contributed by atoms with E-state index in [1.54, 1.807) is 6.20 Å². The van der Waals surface area contributed by atoms with Crippen LogP contribution in [0.4, 0.5) is 5.69 Å². The van der Waals surface area contributed by atoms with Crippen molar-refractivity contribution in [3.63, 3.8) is 0 Å². The molecule has 0 bridgehead atoms. The Bertz CT molecular complexity index is 972. The van der Waals surface area contributed by atoms with E-state index in [-0.39, 0.29) is 5.75 Å². The van der Waals surface area contributed by atoms with Crippen molar-refractivity contribution in [2.24, 2.45) is 0 Å². The van der Waals surface area contributed by atoms with E-state index in [9.17, 15) is 8.42 Å². The van der Waals surface area contributed by atoms with Gasteiger partial charge in [-0.1, -0.05) is 30.3 Å². The summed E-state index contributed by atoms with van der Waals surface area (Å²) < 4.78 is 22.0. The maximum absolute atomic E-state index is 11.0. The average molecular weight is 355 g/mol. The SMILES string of the molecule is CN(C)Cc1ccc(-c2ccc3ncc(C[SH](=O)=O)c(N)c3c2)cc1. The Morgan fingerprint density at radius 3 is 2.36 bits per heavy atom. The highest BCUT2D eigenvalue weighted by molar-refractivity contribution is 7.71. The van der Waals surface area contributed by atoms with Gasteiger partial charge in [0.1, 0.15) is 10.7 Å². The van der Waals surface area contributed by atoms with Crippen LogP contribution in [-0.4, -0.2) is 32.4 Å². The Morgan fingerprint density at radius 1 is 1.04 bits per heavy atom. The lowest BCUT2D eigenvalue weighted by molar-refractivity contribution is 0.402. The summed E-state index contributed by atoms with van der Waals surface area (Å²) in [6.07, 6.45) is 1.54. The fourth-order valence-electron chi connectivity index (χ4n) is 2.87. The Labute approximate surface area is 149 Å². The van der Waals surface area contributed by atoms with E-state index in [4.69, 9.17) is 5.73 Å². The number of nitrogens with zero attached hydrogens (tertiary/aromatic N) is 2. The maximum Gasteiger partial charge on any atom is 0.144 e. The molecule has 0 spiro atoms. The lowest BCUT2D eigenvalue weighted by Crippen LogP contribution is -2.10. The molecule has 25 heavy (non-hydrogen) atoms. The molecule has 0 atom stereocenters. The van der Waals surface area contributed by atoms with Gasteiger partial charge in [0.15, 0.2) is 0 Å². The standard InChI is InChI=1S/C19H21N3O2S/c1-22(2)11-13-3-5-14(6-4-13)15-7-8-18-17(9-15)19(20)16(10-21-18)12-25(23)24/h3-10,25H,11-12H2,1-2H3,(H2,20,21). The molecular formula is C19H21N3O2S. The molecule has 2 aromatic carbocycles. The van der Waals surface area contributed by atoms with Crippen LogP contribution in [0.5, 0.6) is 0 Å². The summed E-state index contributed by atoms with van der Waals surface area (Å²) in [4.78, 5) is 6.45. The minimum atomic E-state index is -2.53. The fourth-order valence-corrected chi connectivity index (χ4v) is 3.40. The summed E-state index contributed by atoms with van der Waals surface area (Å²) in [7, 11) is 1.55. The zero-order valence-corrected chi connectivity index (χ0v) is 15.2. The number of thiol groups is 1. The molecule has 0 saturated heterocycles. The van der Waals surface area contributed by atoms with Crippen molar-refractivity contribution in [3.8, 4) is 11.1 Å². The number of nitrogens with two attached hydrogens (primary N) is 1. The summed E-state index contributed by atoms with van der Waals surface area (Å²) in [5.74, 6) is -0.0897. The first-order valence-corrected chi connectivity index (χ1v) is 9.33. The molecule has 3 aromatic rings. The van der Waals surface area contributed by atoms with Gasteiger partial charge in [0.25, 0.3) is 0 Å². The van der Waals surface area contributed by atoms with Gasteiger partial charge in [0.05, 0.1) is 11.3 Å². The van der Waals surface area contributed by atoms with E-state index < -0.39 is 10.7 Å². The number of fused-ring (bicyclic) bond motifs is 1. The Balaban J connectivity index is 2.01. The molecule has 0 fully saturated rings. The highest BCUT2D eigenvalue weighted by atomic mass is 32.2. The lowest BCUT2D eigenvalue weighted by atomic mass is 10.0. The smallest absolute Gasteiger partial charge is 0.144 e. The molecule has 0 aliphatic carbocycles. The second-order valence-corrected chi connectivity index (χ2v) is 7.34. The Kier molecular flexibility index (Phi) is 5.01. The van der Waals surface area contributed by atoms with Gasteiger partial charge in [0.2, 0.25) is 0 Å². The van der Waals surface area contributed by atoms with Crippen LogP contribution in [0.15, 0.2) is 48.7 Å². The van der Waals surface area contributed by atoms with Crippen LogP contribution in [0, 0.1) is 0 Å². The third-order valence-corrected chi connectivity index (χ3v) is 4.68. The van der Waals surface area contributed by atoms with Crippen LogP contribution >= 0.6 is 0 Å². The van der Waals surface area contributed by atoms with Gasteiger partial charge in [-0.05, 0) is 42.9 Å². The number of pyridine rings is 1. The number of aromatic nitrogens is 1. The topological polar surface area (TPSA) is 76.3 Å². The molecule has 6 heteroatoms. The highest BCUT2D eigenvalue weighted by Gasteiger charge is 2.09. The average Bonchev–Trinajstić information content (AvgIpc) is 2.57. The van der Waals surface area contributed by atoms with E-state index in [1.165, 1.54) is 5.56 Å². The molecule has 0 aliphatic rings. The van der Waals surface area contributed by atoms with E-state index in [0.717, 1.165) is 28.6 Å². The summed E-state index contributed by atoms with van der Waals surface area (Å²) in [5.41, 5.74) is 11.3. The predicted molar refractivity (Wildman–Crippen MR) is 103 cm³/mol. The Hall–Kier alpha value is -2.44. The molecule has 1 heterocycles. The molecule has 0 unspecified atom stereocenters. The van der Waals surface area contributed by atoms with E-state index >= 15 is 0 Å². The van der Waals surface area contributed by atoms with E-state index in [0.29, 0.717) is 11.3 Å². The molecule has 5 nitrogen and oxygen atoms in total. The highest BCUT2D eigenvalue weighted by Crippen LogP contribution is 2.29. The summed E-state index contributed by atoms with van der Waals surface area (Å²) in [6.45, 7) is 0.894. The van der Waals surface area contributed by atoms with Crippen molar-refractivity contribution in [2.75, 3.05) is 19.8 Å². The Morgan fingerprint density at radius 2 is 1.72 bits per heavy atom. The van der Waals surface area contributed by atoms with Crippen molar-refractivity contribution >= 4 is 27.3 Å². The van der Waals surface area contributed by atoms with Crippen LogP contribution in [-0.2, 0) is 23.0 Å². The molecule has 2 N–H and O–H groups in total. The zero-order valence-electron chi connectivity index (χ0n) is 14.3. The summed E-state index contributed by atoms with van der Waals surface area (Å²) in [6, 6.07) is 14.3. The molecule has 1 aromatic heterocycles. The van der Waals surface area contributed by atoms with Gasteiger partial charge in [0, 0.05) is 29.4 Å². The van der Waals surface area contributed by atoms with Crippen molar-refractivity contribution in [1.29, 1.82) is 0 Å². The first-order valence-electron chi connectivity index (χ1n) is 7.97. The largest absolute Gasteiger partial charge is 0.398 e. The van der Waals surface area contributed by atoms with Crippen molar-refractivity contribution in [2.45, 2.75) is 12.3 Å². The number of anilines is 1. The van der Waals surface area contributed by atoms with Gasteiger partial charge in [-0.25, -0.2) is 8.42 Å². The minimum absolute atomic E-state index is 0.0897. The van der Waals surface area contributed by atoms with Gasteiger partial charge >= 0.3 is 0 Å². The molecule has 0 saturated carbocycles. The number of benzene rings is 2. The van der Waals surface area contributed by atoms with Gasteiger partial charge in [-0.3, -0.25) is 4.98 Å². The number of hydrogen-bond donors (Lipinski definition) is 2. The summed E-state index contributed by atoms with van der Waals surface area (Å²) >= 11 is 0. The molecular weight excluding hydrogens is 334 g/mol. The molecule has 130 valence electrons. The maximum atomic E-state index is 11.0. The van der Waals surface area contributed by atoms with Crippen LogP contribution in [0.2, 0.25) is 0 Å². The van der Waals surface area contributed by atoms with Crippen LogP contribution in [0.1, 0.15) is 11.1 Å². The number of nitrogen functional groups attached to an aromatic ring is 1. The van der Waals surface area contributed by atoms with Crippen LogP contribution < -0.4 is 5.73 Å².